The normalized spacial score (nSPS) is 10.1. The van der Waals surface area contributed by atoms with E-state index in [9.17, 15) is 0 Å². The maximum absolute atomic E-state index is 5.79. The van der Waals surface area contributed by atoms with E-state index in [0.717, 1.165) is 0 Å². The Morgan fingerprint density at radius 1 is 1.21 bits per heavy atom. The Morgan fingerprint density at radius 2 is 2.07 bits per heavy atom. The minimum Gasteiger partial charge on any atom is -0.417 e. The first kappa shape index (κ1) is 9.37. The smallest absolute Gasteiger partial charge is 0.399 e. The molecule has 0 bridgehead atoms. The molecule has 3 nitrogen and oxygen atoms in total. The van der Waals surface area contributed by atoms with Crippen LogP contribution < -0.4 is 4.74 Å². The maximum Gasteiger partial charge on any atom is 0.399 e. The second-order valence-corrected chi connectivity index (χ2v) is 3.29. The second-order valence-electron chi connectivity index (χ2n) is 2.48. The molecular formula is C9H5Cl2NO2. The van der Waals surface area contributed by atoms with Gasteiger partial charge < -0.3 is 9.15 Å². The van der Waals surface area contributed by atoms with Gasteiger partial charge in [-0.2, -0.15) is 4.98 Å². The first-order chi connectivity index (χ1) is 6.75. The van der Waals surface area contributed by atoms with Crippen LogP contribution in [0.25, 0.3) is 0 Å². The van der Waals surface area contributed by atoms with Crippen LogP contribution >= 0.6 is 23.2 Å². The average molecular weight is 230 g/mol. The van der Waals surface area contributed by atoms with Crippen molar-refractivity contribution < 1.29 is 9.15 Å². The van der Waals surface area contributed by atoms with Crippen LogP contribution in [0.1, 0.15) is 0 Å². The van der Waals surface area contributed by atoms with Gasteiger partial charge in [-0.3, -0.25) is 0 Å². The van der Waals surface area contributed by atoms with Crippen molar-refractivity contribution in [1.82, 2.24) is 4.98 Å². The number of hydrogen-bond donors (Lipinski definition) is 0. The molecule has 0 fully saturated rings. The zero-order valence-corrected chi connectivity index (χ0v) is 8.42. The van der Waals surface area contributed by atoms with Crippen LogP contribution in [0.4, 0.5) is 0 Å². The number of rotatable bonds is 2. The number of ether oxygens (including phenoxy) is 1. The van der Waals surface area contributed by atoms with Gasteiger partial charge in [0.1, 0.15) is 12.0 Å². The molecule has 0 spiro atoms. The molecular weight excluding hydrogens is 225 g/mol. The number of hydrogen-bond acceptors (Lipinski definition) is 3. The lowest BCUT2D eigenvalue weighted by molar-refractivity contribution is 0.331. The molecule has 0 aliphatic carbocycles. The molecule has 72 valence electrons. The van der Waals surface area contributed by atoms with Gasteiger partial charge in [0.05, 0.1) is 16.2 Å². The fraction of sp³-hybridized carbons (Fsp3) is 0. The summed E-state index contributed by atoms with van der Waals surface area (Å²) in [5.41, 5.74) is 0. The maximum atomic E-state index is 5.79. The van der Waals surface area contributed by atoms with E-state index in [2.05, 4.69) is 4.98 Å². The first-order valence-corrected chi connectivity index (χ1v) is 4.54. The summed E-state index contributed by atoms with van der Waals surface area (Å²) in [5.74, 6) is 0.529. The molecule has 1 aromatic heterocycles. The summed E-state index contributed by atoms with van der Waals surface area (Å²) >= 11 is 11.5. The van der Waals surface area contributed by atoms with E-state index < -0.39 is 0 Å². The van der Waals surface area contributed by atoms with Crippen LogP contribution in [-0.2, 0) is 0 Å². The topological polar surface area (TPSA) is 35.3 Å². The number of halogens is 2. The molecule has 2 aromatic rings. The van der Waals surface area contributed by atoms with Gasteiger partial charge in [-0.15, -0.1) is 0 Å². The molecule has 0 aliphatic rings. The quantitative estimate of drug-likeness (QED) is 0.787. The number of aromatic nitrogens is 1. The molecule has 14 heavy (non-hydrogen) atoms. The summed E-state index contributed by atoms with van der Waals surface area (Å²) in [6.45, 7) is 0. The van der Waals surface area contributed by atoms with Crippen LogP contribution in [0.2, 0.25) is 10.0 Å². The molecule has 0 atom stereocenters. The van der Waals surface area contributed by atoms with Gasteiger partial charge in [0.15, 0.2) is 0 Å². The predicted octanol–water partition coefficient (Wildman–Crippen LogP) is 3.77. The molecule has 0 amide bonds. The summed E-state index contributed by atoms with van der Waals surface area (Å²) < 4.78 is 10.1. The summed E-state index contributed by atoms with van der Waals surface area (Å²) in [5, 5.41) is 0.905. The molecule has 0 aliphatic heterocycles. The van der Waals surface area contributed by atoms with Gasteiger partial charge in [-0.05, 0) is 12.1 Å². The lowest BCUT2D eigenvalue weighted by atomic mass is 10.3. The molecule has 0 radical (unpaired) electrons. The minimum atomic E-state index is 0.170. The van der Waals surface area contributed by atoms with Gasteiger partial charge in [0.2, 0.25) is 0 Å². The summed E-state index contributed by atoms with van der Waals surface area (Å²) in [7, 11) is 0. The standard InChI is InChI=1S/C9H5Cl2NO2/c10-7-2-1-6(5-8(7)11)14-9-12-3-4-13-9/h1-5H. The van der Waals surface area contributed by atoms with Crippen molar-refractivity contribution in [2.75, 3.05) is 0 Å². The number of oxazole rings is 1. The average Bonchev–Trinajstić information content (AvgIpc) is 2.64. The minimum absolute atomic E-state index is 0.170. The van der Waals surface area contributed by atoms with Crippen molar-refractivity contribution >= 4 is 23.2 Å². The highest BCUT2D eigenvalue weighted by Crippen LogP contribution is 2.28. The molecule has 0 saturated carbocycles. The zero-order valence-electron chi connectivity index (χ0n) is 6.91. The van der Waals surface area contributed by atoms with Crippen LogP contribution in [-0.4, -0.2) is 4.98 Å². The van der Waals surface area contributed by atoms with Gasteiger partial charge >= 0.3 is 6.08 Å². The molecule has 1 aromatic carbocycles. The van der Waals surface area contributed by atoms with Crippen LogP contribution in [0.5, 0.6) is 11.8 Å². The Morgan fingerprint density at radius 3 is 2.71 bits per heavy atom. The Kier molecular flexibility index (Phi) is 2.61. The van der Waals surface area contributed by atoms with E-state index in [4.69, 9.17) is 32.4 Å². The van der Waals surface area contributed by atoms with Crippen molar-refractivity contribution in [2.24, 2.45) is 0 Å². The molecule has 0 N–H and O–H groups in total. The highest BCUT2D eigenvalue weighted by atomic mass is 35.5. The van der Waals surface area contributed by atoms with E-state index in [1.54, 1.807) is 18.2 Å². The van der Waals surface area contributed by atoms with Crippen molar-refractivity contribution in [2.45, 2.75) is 0 Å². The molecule has 0 saturated heterocycles. The van der Waals surface area contributed by atoms with Crippen LogP contribution in [0.3, 0.4) is 0 Å². The summed E-state index contributed by atoms with van der Waals surface area (Å²) in [6.07, 6.45) is 3.09. The van der Waals surface area contributed by atoms with E-state index in [1.165, 1.54) is 12.5 Å². The highest BCUT2D eigenvalue weighted by Gasteiger charge is 2.03. The van der Waals surface area contributed by atoms with Crippen molar-refractivity contribution in [3.05, 3.63) is 40.7 Å². The number of benzene rings is 1. The van der Waals surface area contributed by atoms with Crippen LogP contribution in [0.15, 0.2) is 35.1 Å². The summed E-state index contributed by atoms with van der Waals surface area (Å²) in [4.78, 5) is 3.80. The number of nitrogens with zero attached hydrogens (tertiary/aromatic N) is 1. The van der Waals surface area contributed by atoms with E-state index >= 15 is 0 Å². The fourth-order valence-electron chi connectivity index (χ4n) is 0.902. The third-order valence-electron chi connectivity index (χ3n) is 1.51. The van der Waals surface area contributed by atoms with E-state index in [1.807, 2.05) is 0 Å². The Balaban J connectivity index is 2.22. The molecule has 2 rings (SSSR count). The third kappa shape index (κ3) is 2.00. The van der Waals surface area contributed by atoms with E-state index in [-0.39, 0.29) is 6.08 Å². The SMILES string of the molecule is Clc1ccc(Oc2ncco2)cc1Cl. The lowest BCUT2D eigenvalue weighted by Crippen LogP contribution is -1.83. The second kappa shape index (κ2) is 3.90. The van der Waals surface area contributed by atoms with Gasteiger partial charge in [0, 0.05) is 6.07 Å². The Labute approximate surface area is 90.2 Å². The monoisotopic (exact) mass is 229 g/mol. The Bertz CT molecular complexity index is 428. The zero-order chi connectivity index (χ0) is 9.97. The van der Waals surface area contributed by atoms with Crippen molar-refractivity contribution in [3.8, 4) is 11.8 Å². The predicted molar refractivity (Wildman–Crippen MR) is 53.0 cm³/mol. The molecule has 5 heteroatoms. The van der Waals surface area contributed by atoms with Gasteiger partial charge in [-0.25, -0.2) is 0 Å². The lowest BCUT2D eigenvalue weighted by Gasteiger charge is -2.01. The van der Waals surface area contributed by atoms with Crippen molar-refractivity contribution in [3.63, 3.8) is 0 Å². The van der Waals surface area contributed by atoms with Gasteiger partial charge in [0.25, 0.3) is 0 Å². The molecule has 0 unspecified atom stereocenters. The van der Waals surface area contributed by atoms with E-state index in [0.29, 0.717) is 15.8 Å². The highest BCUT2D eigenvalue weighted by molar-refractivity contribution is 6.42. The molecule has 1 heterocycles. The first-order valence-electron chi connectivity index (χ1n) is 3.78. The Hall–Kier alpha value is -1.19. The third-order valence-corrected chi connectivity index (χ3v) is 2.24. The fourth-order valence-corrected chi connectivity index (χ4v) is 1.19. The van der Waals surface area contributed by atoms with Crippen molar-refractivity contribution in [1.29, 1.82) is 0 Å². The van der Waals surface area contributed by atoms with Crippen LogP contribution in [0, 0.1) is 0 Å². The van der Waals surface area contributed by atoms with Gasteiger partial charge in [-0.1, -0.05) is 23.2 Å². The largest absolute Gasteiger partial charge is 0.417 e. The summed E-state index contributed by atoms with van der Waals surface area (Å²) in [6, 6.07) is 4.91.